The van der Waals surface area contributed by atoms with Gasteiger partial charge in [-0.25, -0.2) is 0 Å². The van der Waals surface area contributed by atoms with Crippen molar-refractivity contribution >= 4 is 5.78 Å². The van der Waals surface area contributed by atoms with Gasteiger partial charge in [-0.15, -0.1) is 0 Å². The highest BCUT2D eigenvalue weighted by atomic mass is 16.1. The third kappa shape index (κ3) is 0.878. The second-order valence-electron chi connectivity index (χ2n) is 5.72. The van der Waals surface area contributed by atoms with Crippen molar-refractivity contribution in [2.75, 3.05) is 0 Å². The molecule has 15 heavy (non-hydrogen) atoms. The highest BCUT2D eigenvalue weighted by Crippen LogP contribution is 2.67. The van der Waals surface area contributed by atoms with E-state index in [1.165, 1.54) is 16.7 Å². The molecule has 0 aromatic rings. The van der Waals surface area contributed by atoms with Crippen LogP contribution in [-0.4, -0.2) is 5.78 Å². The van der Waals surface area contributed by atoms with Gasteiger partial charge < -0.3 is 0 Å². The molecule has 4 rings (SSSR count). The zero-order valence-electron chi connectivity index (χ0n) is 9.92. The van der Waals surface area contributed by atoms with E-state index in [1.54, 1.807) is 5.57 Å². The summed E-state index contributed by atoms with van der Waals surface area (Å²) in [5.74, 6) is 2.29. The van der Waals surface area contributed by atoms with Crippen molar-refractivity contribution in [2.24, 2.45) is 23.7 Å². The van der Waals surface area contributed by atoms with Crippen LogP contribution < -0.4 is 0 Å². The first kappa shape index (κ1) is 9.38. The van der Waals surface area contributed by atoms with Gasteiger partial charge in [0, 0.05) is 17.8 Å². The number of allylic oxidation sites excluding steroid dienone is 4. The van der Waals surface area contributed by atoms with Gasteiger partial charge in [-0.2, -0.15) is 0 Å². The molecule has 1 heteroatoms. The Bertz CT molecular complexity index is 417. The first-order valence-electron chi connectivity index (χ1n) is 5.92. The molecule has 0 amide bonds. The second kappa shape index (κ2) is 2.63. The van der Waals surface area contributed by atoms with E-state index >= 15 is 0 Å². The Morgan fingerprint density at radius 1 is 0.933 bits per heavy atom. The van der Waals surface area contributed by atoms with Crippen LogP contribution in [0.15, 0.2) is 22.3 Å². The molecule has 0 spiro atoms. The average molecular weight is 202 g/mol. The van der Waals surface area contributed by atoms with E-state index in [1.807, 2.05) is 0 Å². The minimum atomic E-state index is 0.287. The summed E-state index contributed by atoms with van der Waals surface area (Å²) >= 11 is 0. The molecule has 4 saturated carbocycles. The molecule has 4 aliphatic rings. The molecule has 4 atom stereocenters. The first-order chi connectivity index (χ1) is 7.04. The molecule has 0 heterocycles. The average Bonchev–Trinajstić information content (AvgIpc) is 2.78. The number of carbonyl (C=O) groups excluding carboxylic acids is 1. The molecule has 1 nitrogen and oxygen atoms in total. The SMILES string of the molecule is CC(C)=C1[C@H]2C(=O)[C@@H]3C[C@H]2C(=C(C)C)[C@H]13. The van der Waals surface area contributed by atoms with Crippen LogP contribution in [0.1, 0.15) is 34.1 Å². The normalized spacial score (nSPS) is 40.9. The summed E-state index contributed by atoms with van der Waals surface area (Å²) in [7, 11) is 0. The van der Waals surface area contributed by atoms with E-state index in [0.29, 0.717) is 23.5 Å². The minimum absolute atomic E-state index is 0.287. The Kier molecular flexibility index (Phi) is 1.65. The van der Waals surface area contributed by atoms with Gasteiger partial charge >= 0.3 is 0 Å². The highest BCUT2D eigenvalue weighted by Gasteiger charge is 2.65. The molecule has 0 aromatic heterocycles. The van der Waals surface area contributed by atoms with Crippen molar-refractivity contribution in [3.8, 4) is 0 Å². The Morgan fingerprint density at radius 3 is 2.00 bits per heavy atom. The number of hydrogen-bond acceptors (Lipinski definition) is 1. The Balaban J connectivity index is 2.22. The maximum atomic E-state index is 12.0. The van der Waals surface area contributed by atoms with Crippen molar-refractivity contribution in [1.82, 2.24) is 0 Å². The van der Waals surface area contributed by atoms with Crippen LogP contribution in [0, 0.1) is 23.7 Å². The summed E-state index contributed by atoms with van der Waals surface area (Å²) in [4.78, 5) is 12.0. The summed E-state index contributed by atoms with van der Waals surface area (Å²) < 4.78 is 0. The van der Waals surface area contributed by atoms with Crippen LogP contribution in [0.3, 0.4) is 0 Å². The maximum absolute atomic E-state index is 12.0. The van der Waals surface area contributed by atoms with Gasteiger partial charge in [0.05, 0.1) is 0 Å². The molecular weight excluding hydrogens is 184 g/mol. The van der Waals surface area contributed by atoms with E-state index in [2.05, 4.69) is 27.7 Å². The van der Waals surface area contributed by atoms with Gasteiger partial charge in [0.1, 0.15) is 5.78 Å². The smallest absolute Gasteiger partial charge is 0.144 e. The summed E-state index contributed by atoms with van der Waals surface area (Å²) in [5.41, 5.74) is 5.95. The quantitative estimate of drug-likeness (QED) is 0.551. The topological polar surface area (TPSA) is 17.1 Å². The van der Waals surface area contributed by atoms with Gasteiger partial charge in [0.25, 0.3) is 0 Å². The number of rotatable bonds is 0. The third-order valence-corrected chi connectivity index (χ3v) is 4.54. The Labute approximate surface area is 91.2 Å². The number of carbonyl (C=O) groups is 1. The van der Waals surface area contributed by atoms with Crippen LogP contribution in [-0.2, 0) is 4.79 Å². The lowest BCUT2D eigenvalue weighted by Gasteiger charge is -2.13. The monoisotopic (exact) mass is 202 g/mol. The standard InChI is InChI=1S/C14H18O/c1-6(2)10-8-5-9-12(10)11(7(3)4)13(8)14(9)15/h8-9,12-13H,5H2,1-4H3/t8-,9+,12+,13-/m0/s1. The minimum Gasteiger partial charge on any atom is -0.299 e. The van der Waals surface area contributed by atoms with Crippen LogP contribution in [0.4, 0.5) is 0 Å². The lowest BCUT2D eigenvalue weighted by atomic mass is 9.90. The zero-order chi connectivity index (χ0) is 10.9. The van der Waals surface area contributed by atoms with Crippen molar-refractivity contribution < 1.29 is 4.79 Å². The molecule has 4 fully saturated rings. The molecular formula is C14H18O. The third-order valence-electron chi connectivity index (χ3n) is 4.54. The van der Waals surface area contributed by atoms with E-state index in [0.717, 1.165) is 6.42 Å². The van der Waals surface area contributed by atoms with E-state index in [-0.39, 0.29) is 5.92 Å². The lowest BCUT2D eigenvalue weighted by molar-refractivity contribution is -0.122. The molecule has 4 bridgehead atoms. The molecule has 0 N–H and O–H groups in total. The second-order valence-corrected chi connectivity index (χ2v) is 5.72. The molecule has 0 saturated heterocycles. The Hall–Kier alpha value is -0.850. The fourth-order valence-electron chi connectivity index (χ4n) is 4.26. The zero-order valence-corrected chi connectivity index (χ0v) is 9.92. The van der Waals surface area contributed by atoms with Gasteiger partial charge in [0.2, 0.25) is 0 Å². The van der Waals surface area contributed by atoms with Crippen LogP contribution in [0.2, 0.25) is 0 Å². The van der Waals surface area contributed by atoms with Crippen molar-refractivity contribution in [3.05, 3.63) is 22.3 Å². The van der Waals surface area contributed by atoms with Crippen LogP contribution in [0.5, 0.6) is 0 Å². The van der Waals surface area contributed by atoms with Crippen molar-refractivity contribution in [1.29, 1.82) is 0 Å². The summed E-state index contributed by atoms with van der Waals surface area (Å²) in [6.45, 7) is 8.75. The van der Waals surface area contributed by atoms with Crippen molar-refractivity contribution in [3.63, 3.8) is 0 Å². The van der Waals surface area contributed by atoms with E-state index in [9.17, 15) is 4.79 Å². The largest absolute Gasteiger partial charge is 0.299 e. The summed E-state index contributed by atoms with van der Waals surface area (Å²) in [5, 5.41) is 0. The number of Topliss-reactive ketones (excluding diaryl/α,β-unsaturated/α-hetero) is 1. The molecule has 0 aromatic carbocycles. The fraction of sp³-hybridized carbons (Fsp3) is 0.643. The summed E-state index contributed by atoms with van der Waals surface area (Å²) in [6.07, 6.45) is 1.14. The molecule has 4 aliphatic carbocycles. The van der Waals surface area contributed by atoms with Gasteiger partial charge in [0.15, 0.2) is 0 Å². The first-order valence-corrected chi connectivity index (χ1v) is 5.92. The highest BCUT2D eigenvalue weighted by molar-refractivity contribution is 5.97. The fourth-order valence-corrected chi connectivity index (χ4v) is 4.26. The molecule has 0 aliphatic heterocycles. The van der Waals surface area contributed by atoms with Gasteiger partial charge in [-0.1, -0.05) is 22.3 Å². The Morgan fingerprint density at radius 2 is 1.53 bits per heavy atom. The van der Waals surface area contributed by atoms with E-state index in [4.69, 9.17) is 0 Å². The van der Waals surface area contributed by atoms with E-state index < -0.39 is 0 Å². The predicted octanol–water partition coefficient (Wildman–Crippen LogP) is 3.12. The van der Waals surface area contributed by atoms with Gasteiger partial charge in [-0.3, -0.25) is 4.79 Å². The van der Waals surface area contributed by atoms with Crippen LogP contribution >= 0.6 is 0 Å². The lowest BCUT2D eigenvalue weighted by Crippen LogP contribution is -2.14. The van der Waals surface area contributed by atoms with Crippen LogP contribution in [0.25, 0.3) is 0 Å². The van der Waals surface area contributed by atoms with Crippen molar-refractivity contribution in [2.45, 2.75) is 34.1 Å². The number of ketones is 1. The van der Waals surface area contributed by atoms with Gasteiger partial charge in [-0.05, 0) is 40.0 Å². The summed E-state index contributed by atoms with van der Waals surface area (Å²) in [6, 6.07) is 0. The molecule has 0 radical (unpaired) electrons. The predicted molar refractivity (Wildman–Crippen MR) is 60.3 cm³/mol. The molecule has 80 valence electrons. The number of hydrogen-bond donors (Lipinski definition) is 0. The maximum Gasteiger partial charge on any atom is 0.144 e. The molecule has 0 unspecified atom stereocenters.